The predicted octanol–water partition coefficient (Wildman–Crippen LogP) is 3.26. The molecular formula is C25H22O10. The maximum atomic E-state index is 13.2. The monoisotopic (exact) mass is 482 g/mol. The fourth-order valence-electron chi connectivity index (χ4n) is 4.23. The molecule has 3 N–H and O–H groups in total. The molecule has 0 saturated carbocycles. The van der Waals surface area contributed by atoms with Crippen LogP contribution in [-0.2, 0) is 0 Å². The first kappa shape index (κ1) is 22.5. The van der Waals surface area contributed by atoms with Crippen LogP contribution < -0.4 is 29.1 Å². The molecule has 0 radical (unpaired) electrons. The highest BCUT2D eigenvalue weighted by Gasteiger charge is 2.38. The maximum absolute atomic E-state index is 13.2. The number of aliphatic hydroxyl groups excluding tert-OH is 1. The van der Waals surface area contributed by atoms with Crippen molar-refractivity contribution in [2.75, 3.05) is 27.9 Å². The fraction of sp³-hybridized carbons (Fsp3) is 0.240. The van der Waals surface area contributed by atoms with Gasteiger partial charge in [-0.2, -0.15) is 0 Å². The lowest BCUT2D eigenvalue weighted by molar-refractivity contribution is -0.0135. The first-order valence-electron chi connectivity index (χ1n) is 10.6. The summed E-state index contributed by atoms with van der Waals surface area (Å²) in [5.41, 5.74) is 0.267. The van der Waals surface area contributed by atoms with Gasteiger partial charge < -0.3 is 43.4 Å². The van der Waals surface area contributed by atoms with Gasteiger partial charge in [-0.15, -0.1) is 0 Å². The molecular weight excluding hydrogens is 460 g/mol. The first-order valence-corrected chi connectivity index (χ1v) is 10.6. The normalized spacial score (nSPS) is 16.9. The Hall–Kier alpha value is -4.31. The van der Waals surface area contributed by atoms with Gasteiger partial charge in [-0.05, 0) is 30.3 Å². The topological polar surface area (TPSA) is 137 Å². The number of aliphatic hydroxyl groups is 1. The van der Waals surface area contributed by atoms with Gasteiger partial charge in [0.2, 0.25) is 22.7 Å². The van der Waals surface area contributed by atoms with Crippen molar-refractivity contribution >= 4 is 21.9 Å². The number of methoxy groups -OCH3 is 3. The van der Waals surface area contributed by atoms with Crippen LogP contribution in [-0.4, -0.2) is 49.4 Å². The second kappa shape index (κ2) is 8.48. The molecule has 2 heterocycles. The van der Waals surface area contributed by atoms with Crippen molar-refractivity contribution in [3.63, 3.8) is 0 Å². The molecule has 1 aromatic heterocycles. The van der Waals surface area contributed by atoms with E-state index in [0.29, 0.717) is 5.56 Å². The molecule has 3 aromatic carbocycles. The van der Waals surface area contributed by atoms with E-state index >= 15 is 0 Å². The second-order valence-corrected chi connectivity index (χ2v) is 7.85. The van der Waals surface area contributed by atoms with E-state index in [9.17, 15) is 20.1 Å². The summed E-state index contributed by atoms with van der Waals surface area (Å²) in [6.45, 7) is -0.451. The van der Waals surface area contributed by atoms with Gasteiger partial charge in [-0.3, -0.25) is 4.79 Å². The molecule has 0 spiro atoms. The molecule has 0 saturated heterocycles. The number of benzene rings is 3. The highest BCUT2D eigenvalue weighted by molar-refractivity contribution is 5.97. The Bertz CT molecular complexity index is 1480. The largest absolute Gasteiger partial charge is 0.507 e. The summed E-state index contributed by atoms with van der Waals surface area (Å²) in [7, 11) is 4.20. The van der Waals surface area contributed by atoms with Crippen molar-refractivity contribution in [2.45, 2.75) is 12.2 Å². The zero-order chi connectivity index (χ0) is 24.9. The van der Waals surface area contributed by atoms with E-state index in [4.69, 9.17) is 28.1 Å². The molecule has 0 aliphatic carbocycles. The summed E-state index contributed by atoms with van der Waals surface area (Å²) < 4.78 is 34.3. The van der Waals surface area contributed by atoms with E-state index in [1.165, 1.54) is 33.5 Å². The molecule has 1 aliphatic rings. The molecule has 1 aliphatic heterocycles. The molecule has 35 heavy (non-hydrogen) atoms. The summed E-state index contributed by atoms with van der Waals surface area (Å²) in [4.78, 5) is 13.2. The van der Waals surface area contributed by atoms with Gasteiger partial charge >= 0.3 is 0 Å². The number of phenolic OH excluding ortho intramolecular Hbond substituents is 2. The fourth-order valence-corrected chi connectivity index (χ4v) is 4.23. The maximum Gasteiger partial charge on any atom is 0.209 e. The van der Waals surface area contributed by atoms with Gasteiger partial charge in [0.05, 0.1) is 33.3 Å². The van der Waals surface area contributed by atoms with E-state index in [2.05, 4.69) is 0 Å². The van der Waals surface area contributed by atoms with Crippen molar-refractivity contribution in [1.82, 2.24) is 0 Å². The molecule has 5 rings (SSSR count). The Balaban J connectivity index is 1.74. The molecule has 10 nitrogen and oxygen atoms in total. The quantitative estimate of drug-likeness (QED) is 0.364. The van der Waals surface area contributed by atoms with E-state index in [1.807, 2.05) is 0 Å². The summed E-state index contributed by atoms with van der Waals surface area (Å²) in [6.07, 6.45) is -1.79. The van der Waals surface area contributed by atoms with Crippen LogP contribution in [0.1, 0.15) is 11.7 Å². The van der Waals surface area contributed by atoms with E-state index in [-0.39, 0.29) is 62.2 Å². The summed E-state index contributed by atoms with van der Waals surface area (Å²) in [6, 6.07) is 9.04. The summed E-state index contributed by atoms with van der Waals surface area (Å²) in [5.74, 6) is 0.320. The highest BCUT2D eigenvalue weighted by Crippen LogP contribution is 2.51. The lowest BCUT2D eigenvalue weighted by Crippen LogP contribution is -2.36. The predicted molar refractivity (Wildman–Crippen MR) is 124 cm³/mol. The van der Waals surface area contributed by atoms with Crippen molar-refractivity contribution in [2.24, 2.45) is 0 Å². The third-order valence-electron chi connectivity index (χ3n) is 5.93. The smallest absolute Gasteiger partial charge is 0.209 e. The molecule has 4 aromatic rings. The highest BCUT2D eigenvalue weighted by atomic mass is 16.6. The van der Waals surface area contributed by atoms with Crippen LogP contribution in [0.3, 0.4) is 0 Å². The Kier molecular flexibility index (Phi) is 5.45. The Morgan fingerprint density at radius 2 is 1.60 bits per heavy atom. The summed E-state index contributed by atoms with van der Waals surface area (Å²) >= 11 is 0. The zero-order valence-corrected chi connectivity index (χ0v) is 19.0. The minimum absolute atomic E-state index is 0.0265. The van der Waals surface area contributed by atoms with Gasteiger partial charge in [-0.25, -0.2) is 0 Å². The van der Waals surface area contributed by atoms with Gasteiger partial charge in [0.15, 0.2) is 35.0 Å². The van der Waals surface area contributed by atoms with Crippen LogP contribution in [0.25, 0.3) is 21.9 Å². The van der Waals surface area contributed by atoms with Crippen LogP contribution >= 0.6 is 0 Å². The van der Waals surface area contributed by atoms with Crippen LogP contribution in [0.4, 0.5) is 0 Å². The minimum Gasteiger partial charge on any atom is -0.507 e. The average molecular weight is 482 g/mol. The molecule has 10 heteroatoms. The molecule has 182 valence electrons. The number of fused-ring (bicyclic) bond motifs is 4. The van der Waals surface area contributed by atoms with Crippen molar-refractivity contribution < 1.29 is 43.4 Å². The standard InChI is InChI=1S/C25H22O10/c1-30-15-7-11(8-16(31-2)21(15)29)22-18(10-26)34-25-23-12(9-17(32-3)24(25)35-22)20(28)19-13(27)5-4-6-14(19)33-23/h4-9,18,22,26-27,29H,10H2,1-3H3/t18-,22-/m0/s1. The van der Waals surface area contributed by atoms with Crippen LogP contribution in [0, 0.1) is 0 Å². The van der Waals surface area contributed by atoms with Crippen molar-refractivity contribution in [3.8, 4) is 40.2 Å². The van der Waals surface area contributed by atoms with E-state index in [1.54, 1.807) is 24.3 Å². The second-order valence-electron chi connectivity index (χ2n) is 7.85. The molecule has 0 fully saturated rings. The third kappa shape index (κ3) is 3.41. The van der Waals surface area contributed by atoms with Crippen LogP contribution in [0.15, 0.2) is 45.6 Å². The first-order chi connectivity index (χ1) is 16.9. The van der Waals surface area contributed by atoms with E-state index < -0.39 is 24.2 Å². The zero-order valence-electron chi connectivity index (χ0n) is 19.0. The number of aromatic hydroxyl groups is 2. The van der Waals surface area contributed by atoms with Crippen LogP contribution in [0.2, 0.25) is 0 Å². The Labute approximate surface area is 198 Å². The molecule has 0 amide bonds. The van der Waals surface area contributed by atoms with Gasteiger partial charge in [0, 0.05) is 5.56 Å². The number of phenols is 2. The number of hydrogen-bond acceptors (Lipinski definition) is 10. The van der Waals surface area contributed by atoms with Gasteiger partial charge in [0.25, 0.3) is 0 Å². The van der Waals surface area contributed by atoms with Gasteiger partial charge in [-0.1, -0.05) is 6.07 Å². The van der Waals surface area contributed by atoms with E-state index in [0.717, 1.165) is 0 Å². The van der Waals surface area contributed by atoms with Crippen molar-refractivity contribution in [3.05, 3.63) is 52.2 Å². The molecule has 2 atom stereocenters. The number of ether oxygens (including phenoxy) is 5. The van der Waals surface area contributed by atoms with Crippen LogP contribution in [0.5, 0.6) is 40.2 Å². The lowest BCUT2D eigenvalue weighted by atomic mass is 10.0. The molecule has 0 bridgehead atoms. The number of rotatable bonds is 5. The third-order valence-corrected chi connectivity index (χ3v) is 5.93. The number of hydrogen-bond donors (Lipinski definition) is 3. The lowest BCUT2D eigenvalue weighted by Gasteiger charge is -2.34. The van der Waals surface area contributed by atoms with Gasteiger partial charge in [0.1, 0.15) is 16.7 Å². The average Bonchev–Trinajstić information content (AvgIpc) is 2.87. The summed E-state index contributed by atoms with van der Waals surface area (Å²) in [5, 5.41) is 30.8. The Morgan fingerprint density at radius 1 is 0.914 bits per heavy atom. The van der Waals surface area contributed by atoms with Crippen molar-refractivity contribution in [1.29, 1.82) is 0 Å². The molecule has 0 unspecified atom stereocenters. The Morgan fingerprint density at radius 3 is 2.23 bits per heavy atom. The SMILES string of the molecule is COc1cc([C@@H]2Oc3c(OC)cc4c(=O)c5c(O)cccc5oc4c3O[C@H]2CO)cc(OC)c1O. The minimum atomic E-state index is -0.929.